The van der Waals surface area contributed by atoms with Crippen molar-refractivity contribution in [2.45, 2.75) is 20.0 Å². The van der Waals surface area contributed by atoms with Crippen LogP contribution < -0.4 is 10.1 Å². The Morgan fingerprint density at radius 1 is 1.07 bits per heavy atom. The van der Waals surface area contributed by atoms with Gasteiger partial charge in [-0.05, 0) is 30.2 Å². The molecule has 28 heavy (non-hydrogen) atoms. The molecule has 0 saturated carbocycles. The molecule has 1 aliphatic rings. The van der Waals surface area contributed by atoms with Crippen LogP contribution in [0.15, 0.2) is 48.5 Å². The van der Waals surface area contributed by atoms with Crippen LogP contribution in [0.25, 0.3) is 0 Å². The predicted octanol–water partition coefficient (Wildman–Crippen LogP) is 2.42. The van der Waals surface area contributed by atoms with Crippen LogP contribution in [0.4, 0.5) is 0 Å². The normalized spacial score (nSPS) is 14.5. The summed E-state index contributed by atoms with van der Waals surface area (Å²) in [5, 5.41) is 2.87. The van der Waals surface area contributed by atoms with Crippen LogP contribution in [0.2, 0.25) is 0 Å². The van der Waals surface area contributed by atoms with E-state index in [1.54, 1.807) is 24.3 Å². The zero-order valence-corrected chi connectivity index (χ0v) is 16.1. The van der Waals surface area contributed by atoms with Crippen molar-refractivity contribution < 1.29 is 19.1 Å². The number of nitrogens with one attached hydrogen (secondary N) is 1. The topological polar surface area (TPSA) is 67.9 Å². The van der Waals surface area contributed by atoms with E-state index in [0.29, 0.717) is 17.9 Å². The molecule has 2 aromatic rings. The molecule has 148 valence electrons. The Bertz CT molecular complexity index is 816. The molecule has 0 aliphatic carbocycles. The number of carbonyl (C=O) groups is 2. The number of carbonyl (C=O) groups excluding carboxylic acids is 2. The number of nitrogens with zero attached hydrogens (tertiary/aromatic N) is 1. The molecule has 6 nitrogen and oxygen atoms in total. The predicted molar refractivity (Wildman–Crippen MR) is 106 cm³/mol. The highest BCUT2D eigenvalue weighted by atomic mass is 16.5. The van der Waals surface area contributed by atoms with Crippen molar-refractivity contribution in [1.82, 2.24) is 10.2 Å². The van der Waals surface area contributed by atoms with Gasteiger partial charge in [0.2, 0.25) is 0 Å². The highest BCUT2D eigenvalue weighted by Crippen LogP contribution is 2.14. The lowest BCUT2D eigenvalue weighted by Gasteiger charge is -2.26. The van der Waals surface area contributed by atoms with Crippen LogP contribution in [0, 0.1) is 0 Å². The van der Waals surface area contributed by atoms with E-state index in [1.807, 2.05) is 12.1 Å². The fourth-order valence-corrected chi connectivity index (χ4v) is 3.06. The number of amides is 1. The van der Waals surface area contributed by atoms with E-state index < -0.39 is 0 Å². The van der Waals surface area contributed by atoms with Gasteiger partial charge in [-0.15, -0.1) is 0 Å². The molecule has 0 aromatic heterocycles. The smallest absolute Gasteiger partial charge is 0.258 e. The van der Waals surface area contributed by atoms with Crippen LogP contribution in [-0.4, -0.2) is 49.5 Å². The summed E-state index contributed by atoms with van der Waals surface area (Å²) in [6, 6.07) is 15.1. The van der Waals surface area contributed by atoms with E-state index in [0.717, 1.165) is 38.4 Å². The minimum atomic E-state index is -0.202. The average Bonchev–Trinajstić information content (AvgIpc) is 2.72. The number of Topliss-reactive ketones (excluding diaryl/α,β-unsaturated/α-hetero) is 1. The van der Waals surface area contributed by atoms with Gasteiger partial charge in [0.1, 0.15) is 5.75 Å². The summed E-state index contributed by atoms with van der Waals surface area (Å²) in [4.78, 5) is 25.9. The number of rotatable bonds is 8. The molecule has 1 saturated heterocycles. The van der Waals surface area contributed by atoms with E-state index >= 15 is 0 Å². The Morgan fingerprint density at radius 2 is 1.82 bits per heavy atom. The van der Waals surface area contributed by atoms with Gasteiger partial charge in [-0.25, -0.2) is 0 Å². The van der Waals surface area contributed by atoms with E-state index in [4.69, 9.17) is 9.47 Å². The van der Waals surface area contributed by atoms with Gasteiger partial charge in [-0.2, -0.15) is 0 Å². The average molecular weight is 382 g/mol. The Hall–Kier alpha value is -2.70. The SMILES string of the molecule is CC(=O)c1cccc(OCC(=O)NCc2cccc(CN3CCOCC3)c2)c1. The highest BCUT2D eigenvalue weighted by molar-refractivity contribution is 5.94. The van der Waals surface area contributed by atoms with Crippen molar-refractivity contribution in [2.24, 2.45) is 0 Å². The maximum absolute atomic E-state index is 12.1. The number of morpholine rings is 1. The molecule has 6 heteroatoms. The van der Waals surface area contributed by atoms with Crippen LogP contribution in [0.5, 0.6) is 5.75 Å². The summed E-state index contributed by atoms with van der Waals surface area (Å²) in [6.07, 6.45) is 0. The van der Waals surface area contributed by atoms with Gasteiger partial charge in [0.05, 0.1) is 13.2 Å². The van der Waals surface area contributed by atoms with Gasteiger partial charge in [0, 0.05) is 31.7 Å². The molecular formula is C22H26N2O4. The highest BCUT2D eigenvalue weighted by Gasteiger charge is 2.11. The second-order valence-electron chi connectivity index (χ2n) is 6.86. The summed E-state index contributed by atoms with van der Waals surface area (Å²) in [6.45, 7) is 6.21. The van der Waals surface area contributed by atoms with Crippen LogP contribution in [0.1, 0.15) is 28.4 Å². The number of benzene rings is 2. The first-order valence-corrected chi connectivity index (χ1v) is 9.48. The van der Waals surface area contributed by atoms with Crippen LogP contribution in [-0.2, 0) is 22.6 Å². The molecule has 0 unspecified atom stereocenters. The van der Waals surface area contributed by atoms with Gasteiger partial charge in [0.25, 0.3) is 5.91 Å². The van der Waals surface area contributed by atoms with Crippen molar-refractivity contribution in [3.05, 3.63) is 65.2 Å². The van der Waals surface area contributed by atoms with E-state index in [-0.39, 0.29) is 18.3 Å². The first-order valence-electron chi connectivity index (χ1n) is 9.48. The Morgan fingerprint density at radius 3 is 2.61 bits per heavy atom. The first kappa shape index (κ1) is 20.0. The van der Waals surface area contributed by atoms with Gasteiger partial charge in [-0.1, -0.05) is 36.4 Å². The number of hydrogen-bond donors (Lipinski definition) is 1. The van der Waals surface area contributed by atoms with Gasteiger partial charge in [-0.3, -0.25) is 14.5 Å². The third-order valence-corrected chi connectivity index (χ3v) is 4.60. The zero-order chi connectivity index (χ0) is 19.8. The molecule has 0 atom stereocenters. The van der Waals surface area contributed by atoms with E-state index in [9.17, 15) is 9.59 Å². The number of ketones is 1. The molecular weight excluding hydrogens is 356 g/mol. The standard InChI is InChI=1S/C22H26N2O4/c1-17(25)20-6-3-7-21(13-20)28-16-22(26)23-14-18-4-2-5-19(12-18)15-24-8-10-27-11-9-24/h2-7,12-13H,8-11,14-16H2,1H3,(H,23,26). The second-order valence-corrected chi connectivity index (χ2v) is 6.86. The van der Waals surface area contributed by atoms with Crippen molar-refractivity contribution in [3.8, 4) is 5.75 Å². The monoisotopic (exact) mass is 382 g/mol. The van der Waals surface area contributed by atoms with Gasteiger partial charge < -0.3 is 14.8 Å². The number of hydrogen-bond acceptors (Lipinski definition) is 5. The minimum absolute atomic E-state index is 0.0353. The maximum atomic E-state index is 12.1. The van der Waals surface area contributed by atoms with Crippen molar-refractivity contribution in [1.29, 1.82) is 0 Å². The van der Waals surface area contributed by atoms with Crippen LogP contribution in [0.3, 0.4) is 0 Å². The summed E-state index contributed by atoms with van der Waals surface area (Å²) >= 11 is 0. The molecule has 0 radical (unpaired) electrons. The Kier molecular flexibility index (Phi) is 7.17. The molecule has 1 N–H and O–H groups in total. The molecule has 3 rings (SSSR count). The lowest BCUT2D eigenvalue weighted by molar-refractivity contribution is -0.123. The molecule has 1 heterocycles. The first-order chi connectivity index (χ1) is 13.6. The van der Waals surface area contributed by atoms with Crippen molar-refractivity contribution >= 4 is 11.7 Å². The Balaban J connectivity index is 1.46. The maximum Gasteiger partial charge on any atom is 0.258 e. The third-order valence-electron chi connectivity index (χ3n) is 4.60. The molecule has 1 aliphatic heterocycles. The summed E-state index contributed by atoms with van der Waals surface area (Å²) in [5.74, 6) is 0.272. The van der Waals surface area contributed by atoms with Crippen molar-refractivity contribution in [3.63, 3.8) is 0 Å². The summed E-state index contributed by atoms with van der Waals surface area (Å²) in [7, 11) is 0. The minimum Gasteiger partial charge on any atom is -0.484 e. The molecule has 0 spiro atoms. The number of ether oxygens (including phenoxy) is 2. The fraction of sp³-hybridized carbons (Fsp3) is 0.364. The Labute approximate surface area is 165 Å². The zero-order valence-electron chi connectivity index (χ0n) is 16.1. The molecule has 1 amide bonds. The largest absolute Gasteiger partial charge is 0.484 e. The molecule has 0 bridgehead atoms. The lowest BCUT2D eigenvalue weighted by atomic mass is 10.1. The van der Waals surface area contributed by atoms with Gasteiger partial charge in [0.15, 0.2) is 12.4 Å². The second kappa shape index (κ2) is 10.0. The third kappa shape index (κ3) is 6.18. The van der Waals surface area contributed by atoms with Gasteiger partial charge >= 0.3 is 0 Å². The quantitative estimate of drug-likeness (QED) is 0.710. The van der Waals surface area contributed by atoms with E-state index in [1.165, 1.54) is 12.5 Å². The van der Waals surface area contributed by atoms with Crippen molar-refractivity contribution in [2.75, 3.05) is 32.9 Å². The summed E-state index contributed by atoms with van der Waals surface area (Å²) in [5.41, 5.74) is 2.85. The van der Waals surface area contributed by atoms with Crippen LogP contribution >= 0.6 is 0 Å². The lowest BCUT2D eigenvalue weighted by Crippen LogP contribution is -2.35. The molecule has 1 fully saturated rings. The fourth-order valence-electron chi connectivity index (χ4n) is 3.06. The molecule has 2 aromatic carbocycles. The van der Waals surface area contributed by atoms with E-state index in [2.05, 4.69) is 22.3 Å². The summed E-state index contributed by atoms with van der Waals surface area (Å²) < 4.78 is 10.9.